The van der Waals surface area contributed by atoms with Crippen LogP contribution in [0.4, 0.5) is 0 Å². The second kappa shape index (κ2) is 8.92. The van der Waals surface area contributed by atoms with E-state index in [0.717, 1.165) is 26.2 Å². The minimum atomic E-state index is -0.768. The van der Waals surface area contributed by atoms with Crippen LogP contribution in [-0.2, 0) is 9.59 Å². The zero-order valence-electron chi connectivity index (χ0n) is 12.6. The molecule has 1 fully saturated rings. The number of carbonyl (C=O) groups excluding carboxylic acids is 1. The van der Waals surface area contributed by atoms with Crippen LogP contribution < -0.4 is 5.32 Å². The fraction of sp³-hybridized carbons (Fsp3) is 0.857. The number of aliphatic carboxylic acids is 1. The largest absolute Gasteiger partial charge is 0.481 e. The van der Waals surface area contributed by atoms with Gasteiger partial charge in [0, 0.05) is 39.6 Å². The van der Waals surface area contributed by atoms with Crippen LogP contribution in [-0.4, -0.2) is 72.6 Å². The third kappa shape index (κ3) is 6.86. The molecule has 0 aromatic heterocycles. The quantitative estimate of drug-likeness (QED) is 0.635. The lowest BCUT2D eigenvalue weighted by atomic mass is 10.1. The number of hydrogen-bond donors (Lipinski definition) is 2. The maximum Gasteiger partial charge on any atom is 0.307 e. The average Bonchev–Trinajstić information content (AvgIpc) is 2.88. The Morgan fingerprint density at radius 1 is 1.30 bits per heavy atom. The molecule has 20 heavy (non-hydrogen) atoms. The molecule has 2 N–H and O–H groups in total. The monoisotopic (exact) mass is 285 g/mol. The molecule has 1 heterocycles. The molecule has 0 saturated carbocycles. The Bertz CT molecular complexity index is 317. The molecule has 1 aliphatic heterocycles. The minimum Gasteiger partial charge on any atom is -0.481 e. The summed E-state index contributed by atoms with van der Waals surface area (Å²) in [6, 6.07) is 0. The van der Waals surface area contributed by atoms with Crippen LogP contribution in [0, 0.1) is 5.92 Å². The molecule has 0 spiro atoms. The molecule has 1 unspecified atom stereocenters. The molecule has 1 atom stereocenters. The second-order valence-corrected chi connectivity index (χ2v) is 5.57. The van der Waals surface area contributed by atoms with E-state index in [4.69, 9.17) is 5.11 Å². The standard InChI is InChI=1S/C14H27N3O3/c1-12(14(19)20)11-17(8-5-15-13(2)18)10-9-16-6-3-4-7-16/h12H,3-11H2,1-2H3,(H,15,18)(H,19,20). The third-order valence-electron chi connectivity index (χ3n) is 3.69. The van der Waals surface area contributed by atoms with E-state index >= 15 is 0 Å². The highest BCUT2D eigenvalue weighted by Gasteiger charge is 2.18. The first kappa shape index (κ1) is 16.9. The van der Waals surface area contributed by atoms with Gasteiger partial charge in [0.1, 0.15) is 0 Å². The molecule has 0 aliphatic carbocycles. The van der Waals surface area contributed by atoms with Crippen LogP contribution in [0.25, 0.3) is 0 Å². The Morgan fingerprint density at radius 3 is 2.50 bits per heavy atom. The lowest BCUT2D eigenvalue weighted by Gasteiger charge is -2.26. The van der Waals surface area contributed by atoms with Gasteiger partial charge in [0.15, 0.2) is 0 Å². The molecule has 1 saturated heterocycles. The number of carbonyl (C=O) groups is 2. The molecule has 1 aliphatic rings. The number of hydrogen-bond acceptors (Lipinski definition) is 4. The molecule has 0 radical (unpaired) electrons. The van der Waals surface area contributed by atoms with Crippen LogP contribution in [0.1, 0.15) is 26.7 Å². The highest BCUT2D eigenvalue weighted by Crippen LogP contribution is 2.07. The maximum absolute atomic E-state index is 11.0. The average molecular weight is 285 g/mol. The summed E-state index contributed by atoms with van der Waals surface area (Å²) >= 11 is 0. The predicted octanol–water partition coefficient (Wildman–Crippen LogP) is 0.241. The molecule has 0 bridgehead atoms. The van der Waals surface area contributed by atoms with Gasteiger partial charge >= 0.3 is 5.97 Å². The summed E-state index contributed by atoms with van der Waals surface area (Å²) in [6.45, 7) is 9.15. The van der Waals surface area contributed by atoms with Crippen molar-refractivity contribution < 1.29 is 14.7 Å². The van der Waals surface area contributed by atoms with Gasteiger partial charge < -0.3 is 15.3 Å². The van der Waals surface area contributed by atoms with Crippen LogP contribution in [0.5, 0.6) is 0 Å². The molecule has 0 aromatic carbocycles. The van der Waals surface area contributed by atoms with E-state index in [9.17, 15) is 9.59 Å². The number of carboxylic acids is 1. The number of nitrogens with one attached hydrogen (secondary N) is 1. The van der Waals surface area contributed by atoms with Gasteiger partial charge in [0.05, 0.1) is 5.92 Å². The van der Waals surface area contributed by atoms with E-state index in [1.54, 1.807) is 6.92 Å². The lowest BCUT2D eigenvalue weighted by Crippen LogP contribution is -2.41. The van der Waals surface area contributed by atoms with Gasteiger partial charge in [-0.25, -0.2) is 0 Å². The summed E-state index contributed by atoms with van der Waals surface area (Å²) in [4.78, 5) is 26.4. The normalized spacial score (nSPS) is 17.4. The second-order valence-electron chi connectivity index (χ2n) is 5.57. The van der Waals surface area contributed by atoms with Crippen LogP contribution in [0.15, 0.2) is 0 Å². The van der Waals surface area contributed by atoms with Gasteiger partial charge in [-0.1, -0.05) is 6.92 Å². The van der Waals surface area contributed by atoms with Crippen molar-refractivity contribution >= 4 is 11.9 Å². The van der Waals surface area contributed by atoms with Gasteiger partial charge in [-0.05, 0) is 25.9 Å². The smallest absolute Gasteiger partial charge is 0.307 e. The SMILES string of the molecule is CC(=O)NCCN(CCN1CCCC1)CC(C)C(=O)O. The lowest BCUT2D eigenvalue weighted by molar-refractivity contribution is -0.141. The van der Waals surface area contributed by atoms with E-state index in [1.165, 1.54) is 19.8 Å². The van der Waals surface area contributed by atoms with E-state index in [0.29, 0.717) is 19.6 Å². The first-order valence-corrected chi connectivity index (χ1v) is 7.41. The molecule has 116 valence electrons. The number of likely N-dealkylation sites (tertiary alicyclic amines) is 1. The van der Waals surface area contributed by atoms with Crippen molar-refractivity contribution in [3.63, 3.8) is 0 Å². The number of rotatable bonds is 9. The van der Waals surface area contributed by atoms with Gasteiger partial charge in [-0.15, -0.1) is 0 Å². The van der Waals surface area contributed by atoms with Crippen molar-refractivity contribution in [3.05, 3.63) is 0 Å². The van der Waals surface area contributed by atoms with E-state index in [-0.39, 0.29) is 11.8 Å². The van der Waals surface area contributed by atoms with Crippen molar-refractivity contribution in [1.29, 1.82) is 0 Å². The van der Waals surface area contributed by atoms with Gasteiger partial charge in [-0.3, -0.25) is 14.5 Å². The van der Waals surface area contributed by atoms with Gasteiger partial charge in [0.25, 0.3) is 0 Å². The predicted molar refractivity (Wildman–Crippen MR) is 77.6 cm³/mol. The summed E-state index contributed by atoms with van der Waals surface area (Å²) in [5.74, 6) is -1.20. The van der Waals surface area contributed by atoms with Crippen LogP contribution in [0.2, 0.25) is 0 Å². The molecular weight excluding hydrogens is 258 g/mol. The van der Waals surface area contributed by atoms with Crippen molar-refractivity contribution in [1.82, 2.24) is 15.1 Å². The summed E-state index contributed by atoms with van der Waals surface area (Å²) in [7, 11) is 0. The first-order valence-electron chi connectivity index (χ1n) is 7.41. The maximum atomic E-state index is 11.0. The number of nitrogens with zero attached hydrogens (tertiary/aromatic N) is 2. The van der Waals surface area contributed by atoms with Crippen LogP contribution >= 0.6 is 0 Å². The fourth-order valence-corrected chi connectivity index (χ4v) is 2.44. The number of amides is 1. The Morgan fingerprint density at radius 2 is 1.95 bits per heavy atom. The Hall–Kier alpha value is -1.14. The zero-order valence-corrected chi connectivity index (χ0v) is 12.6. The molecule has 6 nitrogen and oxygen atoms in total. The molecular formula is C14H27N3O3. The van der Waals surface area contributed by atoms with Gasteiger partial charge in [0.2, 0.25) is 5.91 Å². The molecule has 6 heteroatoms. The van der Waals surface area contributed by atoms with Crippen molar-refractivity contribution in [2.45, 2.75) is 26.7 Å². The highest BCUT2D eigenvalue weighted by atomic mass is 16.4. The Balaban J connectivity index is 2.35. The van der Waals surface area contributed by atoms with Crippen LogP contribution in [0.3, 0.4) is 0 Å². The number of carboxylic acid groups (broad SMARTS) is 1. The first-order chi connectivity index (χ1) is 9.49. The fourth-order valence-electron chi connectivity index (χ4n) is 2.44. The zero-order chi connectivity index (χ0) is 15.0. The van der Waals surface area contributed by atoms with E-state index < -0.39 is 5.97 Å². The summed E-state index contributed by atoms with van der Waals surface area (Å²) in [5.41, 5.74) is 0. The molecule has 1 amide bonds. The van der Waals surface area contributed by atoms with E-state index in [1.807, 2.05) is 0 Å². The molecule has 0 aromatic rings. The molecule has 1 rings (SSSR count). The third-order valence-corrected chi connectivity index (χ3v) is 3.69. The van der Waals surface area contributed by atoms with Crippen molar-refractivity contribution in [2.75, 3.05) is 45.8 Å². The van der Waals surface area contributed by atoms with Gasteiger partial charge in [-0.2, -0.15) is 0 Å². The Labute approximate surface area is 121 Å². The summed E-state index contributed by atoms with van der Waals surface area (Å²) < 4.78 is 0. The van der Waals surface area contributed by atoms with Crippen molar-refractivity contribution in [2.24, 2.45) is 5.92 Å². The summed E-state index contributed by atoms with van der Waals surface area (Å²) in [5, 5.41) is 11.8. The highest BCUT2D eigenvalue weighted by molar-refractivity contribution is 5.72. The van der Waals surface area contributed by atoms with Crippen molar-refractivity contribution in [3.8, 4) is 0 Å². The Kier molecular flexibility index (Phi) is 7.54. The minimum absolute atomic E-state index is 0.0456. The van der Waals surface area contributed by atoms with E-state index in [2.05, 4.69) is 15.1 Å². The topological polar surface area (TPSA) is 72.9 Å². The summed E-state index contributed by atoms with van der Waals surface area (Å²) in [6.07, 6.45) is 2.52.